The second-order valence-electron chi connectivity index (χ2n) is 5.68. The highest BCUT2D eigenvalue weighted by Crippen LogP contribution is 2.25. The first-order valence-corrected chi connectivity index (χ1v) is 6.80. The van der Waals surface area contributed by atoms with E-state index in [1.807, 2.05) is 13.8 Å². The molecule has 0 aromatic heterocycles. The Kier molecular flexibility index (Phi) is 4.18. The van der Waals surface area contributed by atoms with Gasteiger partial charge in [0, 0.05) is 13.6 Å². The summed E-state index contributed by atoms with van der Waals surface area (Å²) in [7, 11) is 1.59. The van der Waals surface area contributed by atoms with E-state index in [1.54, 1.807) is 30.1 Å². The lowest BCUT2D eigenvalue weighted by Crippen LogP contribution is -2.58. The molecule has 1 aromatic carbocycles. The number of para-hydroxylation sites is 1. The third-order valence-corrected chi connectivity index (χ3v) is 3.66. The Bertz CT molecular complexity index is 556. The Morgan fingerprint density at radius 1 is 1.33 bits per heavy atom. The number of amides is 2. The highest BCUT2D eigenvalue weighted by Gasteiger charge is 2.36. The summed E-state index contributed by atoms with van der Waals surface area (Å²) in [4.78, 5) is 27.1. The molecule has 0 bridgehead atoms. The molecule has 0 aliphatic carbocycles. The molecule has 114 valence electrons. The van der Waals surface area contributed by atoms with Gasteiger partial charge in [0.15, 0.2) is 0 Å². The Balaban J connectivity index is 2.29. The van der Waals surface area contributed by atoms with Crippen LogP contribution in [0.4, 0.5) is 10.5 Å². The van der Waals surface area contributed by atoms with Crippen LogP contribution in [0.5, 0.6) is 0 Å². The molecule has 2 rings (SSSR count). The van der Waals surface area contributed by atoms with Crippen LogP contribution in [-0.4, -0.2) is 54.4 Å². The Labute approximate surface area is 123 Å². The Morgan fingerprint density at radius 2 is 2.00 bits per heavy atom. The normalized spacial score (nSPS) is 17.4. The summed E-state index contributed by atoms with van der Waals surface area (Å²) in [6.07, 6.45) is 0. The van der Waals surface area contributed by atoms with Crippen LogP contribution in [0, 0.1) is 0 Å². The molecule has 1 aliphatic rings. The number of ether oxygens (including phenoxy) is 1. The molecular formula is C15H20N2O4. The number of hydrogen-bond acceptors (Lipinski definition) is 3. The number of carbonyl (C=O) groups is 2. The third-order valence-electron chi connectivity index (χ3n) is 3.66. The summed E-state index contributed by atoms with van der Waals surface area (Å²) in [5.74, 6) is -1.05. The molecule has 0 atom stereocenters. The summed E-state index contributed by atoms with van der Waals surface area (Å²) in [6, 6.07) is 6.26. The van der Waals surface area contributed by atoms with E-state index in [1.165, 1.54) is 11.0 Å². The van der Waals surface area contributed by atoms with Gasteiger partial charge in [0.2, 0.25) is 0 Å². The molecule has 0 spiro atoms. The molecular weight excluding hydrogens is 272 g/mol. The van der Waals surface area contributed by atoms with E-state index in [4.69, 9.17) is 4.74 Å². The number of aromatic carboxylic acids is 1. The molecule has 0 saturated carbocycles. The fourth-order valence-electron chi connectivity index (χ4n) is 2.44. The molecule has 1 saturated heterocycles. The van der Waals surface area contributed by atoms with Crippen molar-refractivity contribution in [3.8, 4) is 0 Å². The number of carbonyl (C=O) groups excluding carboxylic acids is 1. The fraction of sp³-hybridized carbons (Fsp3) is 0.467. The summed E-state index contributed by atoms with van der Waals surface area (Å²) in [5.41, 5.74) is 0.0820. The van der Waals surface area contributed by atoms with Crippen molar-refractivity contribution in [3.63, 3.8) is 0 Å². The molecule has 1 aromatic rings. The van der Waals surface area contributed by atoms with E-state index in [2.05, 4.69) is 0 Å². The van der Waals surface area contributed by atoms with Gasteiger partial charge in [-0.05, 0) is 26.0 Å². The lowest BCUT2D eigenvalue weighted by Gasteiger charge is -2.43. The SMILES string of the molecule is CN(C(=O)N1CCOCC1(C)C)c1ccccc1C(=O)O. The minimum atomic E-state index is -1.05. The number of carboxylic acids is 1. The number of morpholine rings is 1. The summed E-state index contributed by atoms with van der Waals surface area (Å²) in [5, 5.41) is 9.24. The predicted octanol–water partition coefficient (Wildman–Crippen LogP) is 2.05. The van der Waals surface area contributed by atoms with Gasteiger partial charge in [-0.25, -0.2) is 9.59 Å². The van der Waals surface area contributed by atoms with Gasteiger partial charge < -0.3 is 14.7 Å². The third kappa shape index (κ3) is 3.00. The summed E-state index contributed by atoms with van der Waals surface area (Å²) >= 11 is 0. The number of anilines is 1. The predicted molar refractivity (Wildman–Crippen MR) is 78.8 cm³/mol. The lowest BCUT2D eigenvalue weighted by molar-refractivity contribution is -0.0261. The highest BCUT2D eigenvalue weighted by atomic mass is 16.5. The molecule has 0 radical (unpaired) electrons. The summed E-state index contributed by atoms with van der Waals surface area (Å²) in [6.45, 7) is 5.31. The minimum absolute atomic E-state index is 0.111. The van der Waals surface area contributed by atoms with E-state index >= 15 is 0 Å². The van der Waals surface area contributed by atoms with Crippen LogP contribution in [0.2, 0.25) is 0 Å². The van der Waals surface area contributed by atoms with Crippen molar-refractivity contribution in [3.05, 3.63) is 29.8 Å². The first-order chi connectivity index (χ1) is 9.84. The van der Waals surface area contributed by atoms with Gasteiger partial charge in [-0.2, -0.15) is 0 Å². The van der Waals surface area contributed by atoms with Crippen molar-refractivity contribution in [2.75, 3.05) is 31.7 Å². The van der Waals surface area contributed by atoms with E-state index in [0.717, 1.165) is 0 Å². The molecule has 1 heterocycles. The smallest absolute Gasteiger partial charge is 0.337 e. The molecule has 0 unspecified atom stereocenters. The fourth-order valence-corrected chi connectivity index (χ4v) is 2.44. The molecule has 6 heteroatoms. The second-order valence-corrected chi connectivity index (χ2v) is 5.68. The van der Waals surface area contributed by atoms with Crippen LogP contribution in [0.25, 0.3) is 0 Å². The largest absolute Gasteiger partial charge is 0.478 e. The Morgan fingerprint density at radius 3 is 2.62 bits per heavy atom. The van der Waals surface area contributed by atoms with Crippen LogP contribution in [0.3, 0.4) is 0 Å². The van der Waals surface area contributed by atoms with Crippen molar-refractivity contribution in [1.82, 2.24) is 4.90 Å². The number of benzene rings is 1. The van der Waals surface area contributed by atoms with Gasteiger partial charge in [-0.15, -0.1) is 0 Å². The zero-order valence-electron chi connectivity index (χ0n) is 12.5. The van der Waals surface area contributed by atoms with Gasteiger partial charge in [-0.1, -0.05) is 12.1 Å². The zero-order valence-corrected chi connectivity index (χ0v) is 12.5. The van der Waals surface area contributed by atoms with Gasteiger partial charge in [-0.3, -0.25) is 4.90 Å². The van der Waals surface area contributed by atoms with Crippen molar-refractivity contribution in [1.29, 1.82) is 0 Å². The van der Waals surface area contributed by atoms with Gasteiger partial charge >= 0.3 is 12.0 Å². The molecule has 2 amide bonds. The van der Waals surface area contributed by atoms with Crippen molar-refractivity contribution in [2.24, 2.45) is 0 Å². The average molecular weight is 292 g/mol. The van der Waals surface area contributed by atoms with E-state index in [-0.39, 0.29) is 11.6 Å². The quantitative estimate of drug-likeness (QED) is 0.905. The number of carboxylic acid groups (broad SMARTS) is 1. The van der Waals surface area contributed by atoms with E-state index < -0.39 is 11.5 Å². The number of nitrogens with zero attached hydrogens (tertiary/aromatic N) is 2. The van der Waals surface area contributed by atoms with Crippen LogP contribution in [0.1, 0.15) is 24.2 Å². The van der Waals surface area contributed by atoms with Crippen LogP contribution < -0.4 is 4.90 Å². The number of urea groups is 1. The van der Waals surface area contributed by atoms with Crippen molar-refractivity contribution >= 4 is 17.7 Å². The highest BCUT2D eigenvalue weighted by molar-refractivity contribution is 6.01. The van der Waals surface area contributed by atoms with Crippen molar-refractivity contribution < 1.29 is 19.4 Å². The lowest BCUT2D eigenvalue weighted by atomic mass is 10.0. The number of rotatable bonds is 2. The first-order valence-electron chi connectivity index (χ1n) is 6.80. The maximum atomic E-state index is 12.7. The monoisotopic (exact) mass is 292 g/mol. The van der Waals surface area contributed by atoms with Gasteiger partial charge in [0.1, 0.15) is 0 Å². The summed E-state index contributed by atoms with van der Waals surface area (Å²) < 4.78 is 5.41. The maximum absolute atomic E-state index is 12.7. The first kappa shape index (κ1) is 15.3. The second kappa shape index (κ2) is 5.73. The van der Waals surface area contributed by atoms with Crippen LogP contribution in [0.15, 0.2) is 24.3 Å². The topological polar surface area (TPSA) is 70.1 Å². The standard InChI is InChI=1S/C15H20N2O4/c1-15(2)10-21-9-8-17(15)14(20)16(3)12-7-5-4-6-11(12)13(18)19/h4-7H,8-10H2,1-3H3,(H,18,19). The van der Waals surface area contributed by atoms with Crippen LogP contribution in [-0.2, 0) is 4.74 Å². The molecule has 1 fully saturated rings. The molecule has 1 aliphatic heterocycles. The Hall–Kier alpha value is -2.08. The maximum Gasteiger partial charge on any atom is 0.337 e. The molecule has 21 heavy (non-hydrogen) atoms. The van der Waals surface area contributed by atoms with E-state index in [0.29, 0.717) is 25.4 Å². The minimum Gasteiger partial charge on any atom is -0.478 e. The van der Waals surface area contributed by atoms with Gasteiger partial charge in [0.25, 0.3) is 0 Å². The average Bonchev–Trinajstić information content (AvgIpc) is 2.45. The molecule has 1 N–H and O–H groups in total. The number of hydrogen-bond donors (Lipinski definition) is 1. The molecule has 6 nitrogen and oxygen atoms in total. The van der Waals surface area contributed by atoms with E-state index in [9.17, 15) is 14.7 Å². The van der Waals surface area contributed by atoms with Gasteiger partial charge in [0.05, 0.1) is 30.0 Å². The zero-order chi connectivity index (χ0) is 15.6. The van der Waals surface area contributed by atoms with Crippen molar-refractivity contribution in [2.45, 2.75) is 19.4 Å². The van der Waals surface area contributed by atoms with Crippen LogP contribution >= 0.6 is 0 Å².